The van der Waals surface area contributed by atoms with Crippen LogP contribution >= 0.6 is 0 Å². The smallest absolute Gasteiger partial charge is 0.399 e. The van der Waals surface area contributed by atoms with Gasteiger partial charge < -0.3 is 11.5 Å². The van der Waals surface area contributed by atoms with Crippen molar-refractivity contribution >= 4 is 11.4 Å². The zero-order chi connectivity index (χ0) is 34.1. The third kappa shape index (κ3) is 8.63. The Balaban J connectivity index is 0.000000172. The first-order valence-electron chi connectivity index (χ1n) is 16.1. The first-order valence-corrected chi connectivity index (χ1v) is 16.1. The van der Waals surface area contributed by atoms with Gasteiger partial charge in [-0.2, -0.15) is 0 Å². The maximum atomic E-state index is 5.82. The van der Waals surface area contributed by atoms with E-state index in [9.17, 15) is 0 Å². The first kappa shape index (κ1) is 34.5. The van der Waals surface area contributed by atoms with E-state index >= 15 is 0 Å². The molecule has 5 aromatic heterocycles. The minimum atomic E-state index is 0. The molecule has 0 saturated carbocycles. The van der Waals surface area contributed by atoms with E-state index in [0.717, 1.165) is 78.9 Å². The summed E-state index contributed by atoms with van der Waals surface area (Å²) in [5.74, 6) is 0. The van der Waals surface area contributed by atoms with E-state index in [1.165, 1.54) is 0 Å². The Kier molecular flexibility index (Phi) is 11.1. The van der Waals surface area contributed by atoms with Crippen LogP contribution in [0.25, 0.3) is 67.5 Å². The minimum absolute atomic E-state index is 0. The van der Waals surface area contributed by atoms with E-state index in [2.05, 4.69) is 38.1 Å². The predicted octanol–water partition coefficient (Wildman–Crippen LogP) is 9.31. The van der Waals surface area contributed by atoms with Crippen molar-refractivity contribution in [1.82, 2.24) is 24.9 Å². The Morgan fingerprint density at radius 1 is 0.353 bits per heavy atom. The van der Waals surface area contributed by atoms with Gasteiger partial charge >= 0.3 is 19.5 Å². The van der Waals surface area contributed by atoms with Gasteiger partial charge in [0, 0.05) is 47.6 Å². The quantitative estimate of drug-likeness (QED) is 0.0990. The summed E-state index contributed by atoms with van der Waals surface area (Å²) in [6.45, 7) is 0. The fraction of sp³-hybridized carbons (Fsp3) is 0. The zero-order valence-corrected chi connectivity index (χ0v) is 29.1. The van der Waals surface area contributed by atoms with Gasteiger partial charge in [-0.15, -0.1) is 18.2 Å². The van der Waals surface area contributed by atoms with Crippen molar-refractivity contribution in [1.29, 1.82) is 0 Å². The van der Waals surface area contributed by atoms with Gasteiger partial charge in [0.2, 0.25) is 0 Å². The number of anilines is 2. The van der Waals surface area contributed by atoms with E-state index in [1.54, 1.807) is 24.8 Å². The summed E-state index contributed by atoms with van der Waals surface area (Å²) in [6.07, 6.45) is 7.12. The molecule has 0 bridgehead atoms. The number of nitrogen functional groups attached to an aromatic ring is 2. The number of nitrogens with two attached hydrogens (primary N) is 2. The number of benzene rings is 3. The van der Waals surface area contributed by atoms with Crippen LogP contribution in [0.1, 0.15) is 0 Å². The van der Waals surface area contributed by atoms with Crippen molar-refractivity contribution in [3.05, 3.63) is 176 Å². The maximum Gasteiger partial charge on any atom is 1.00 e. The molecule has 0 spiro atoms. The standard InChI is InChI=1S/C22H16N3.C21H16N4.Ru/c23-20-9-7-16(8-10-20)17-13-18(21-5-1-3-11-24-21)15-19(14-17)22-6-2-4-12-25-22;22-17-9-7-15(8-10-17)16-13-20(18-5-1-3-11-23-18)25-21(14-16)19-6-2-4-12-24-19;/h1-14H,23H2;1-14H,22H2;/q-1;;+1. The summed E-state index contributed by atoms with van der Waals surface area (Å²) >= 11 is 0. The molecule has 8 aromatic rings. The van der Waals surface area contributed by atoms with Crippen molar-refractivity contribution in [2.24, 2.45) is 0 Å². The number of pyridine rings is 5. The molecule has 51 heavy (non-hydrogen) atoms. The van der Waals surface area contributed by atoms with E-state index in [0.29, 0.717) is 0 Å². The van der Waals surface area contributed by atoms with Crippen molar-refractivity contribution in [2.75, 3.05) is 11.5 Å². The van der Waals surface area contributed by atoms with Crippen LogP contribution in [0.3, 0.4) is 0 Å². The Labute approximate surface area is 309 Å². The predicted molar refractivity (Wildman–Crippen MR) is 202 cm³/mol. The van der Waals surface area contributed by atoms with Gasteiger partial charge in [0.15, 0.2) is 0 Å². The number of rotatable bonds is 6. The van der Waals surface area contributed by atoms with E-state index in [4.69, 9.17) is 16.5 Å². The van der Waals surface area contributed by atoms with Crippen LogP contribution in [0.15, 0.2) is 170 Å². The number of aromatic nitrogens is 5. The molecule has 8 heteroatoms. The SMILES string of the molecule is Nc1ccc(-c2cc(-c3ccccn3)[c-]c(-c3ccccn3)c2)cc1.Nc1ccc(-c2cc(-c3ccccn3)nc(-c3ccccn3)c2)cc1.[Ru+]. The average molecular weight is 748 g/mol. The van der Waals surface area contributed by atoms with Crippen LogP contribution in [-0.4, -0.2) is 24.9 Å². The second-order valence-electron chi connectivity index (χ2n) is 11.4. The summed E-state index contributed by atoms with van der Waals surface area (Å²) in [7, 11) is 0. The zero-order valence-electron chi connectivity index (χ0n) is 27.4. The molecule has 0 fully saturated rings. The van der Waals surface area contributed by atoms with Crippen LogP contribution in [0.4, 0.5) is 11.4 Å². The fourth-order valence-corrected chi connectivity index (χ4v) is 5.40. The van der Waals surface area contributed by atoms with Gasteiger partial charge in [-0.25, -0.2) is 4.98 Å². The second kappa shape index (κ2) is 16.4. The van der Waals surface area contributed by atoms with Crippen LogP contribution in [0.2, 0.25) is 0 Å². The number of hydrogen-bond acceptors (Lipinski definition) is 7. The van der Waals surface area contributed by atoms with E-state index in [-0.39, 0.29) is 19.5 Å². The first-order chi connectivity index (χ1) is 24.6. The largest absolute Gasteiger partial charge is 1.00 e. The normalized spacial score (nSPS) is 10.4. The van der Waals surface area contributed by atoms with Gasteiger partial charge in [0.25, 0.3) is 0 Å². The summed E-state index contributed by atoms with van der Waals surface area (Å²) in [6, 6.07) is 50.8. The second-order valence-corrected chi connectivity index (χ2v) is 11.4. The van der Waals surface area contributed by atoms with Crippen LogP contribution in [-0.2, 0) is 19.5 Å². The molecule has 4 N–H and O–H groups in total. The molecule has 0 atom stereocenters. The Bertz CT molecular complexity index is 2020. The van der Waals surface area contributed by atoms with Gasteiger partial charge in [-0.05, 0) is 89.5 Å². The average Bonchev–Trinajstić information content (AvgIpc) is 3.20. The van der Waals surface area contributed by atoms with Gasteiger partial charge in [-0.1, -0.05) is 77.4 Å². The molecular formula is C43H32N7Ru. The Morgan fingerprint density at radius 2 is 0.706 bits per heavy atom. The topological polar surface area (TPSA) is 116 Å². The molecule has 0 aliphatic heterocycles. The van der Waals surface area contributed by atoms with Gasteiger partial charge in [-0.3, -0.25) is 19.9 Å². The molecule has 247 valence electrons. The molecule has 7 nitrogen and oxygen atoms in total. The monoisotopic (exact) mass is 748 g/mol. The van der Waals surface area contributed by atoms with Crippen LogP contribution in [0, 0.1) is 6.07 Å². The van der Waals surface area contributed by atoms with Gasteiger partial charge in [0.1, 0.15) is 0 Å². The van der Waals surface area contributed by atoms with Crippen molar-refractivity contribution in [2.45, 2.75) is 0 Å². The van der Waals surface area contributed by atoms with Gasteiger partial charge in [0.05, 0.1) is 22.8 Å². The fourth-order valence-electron chi connectivity index (χ4n) is 5.40. The molecule has 0 unspecified atom stereocenters. The molecule has 1 radical (unpaired) electrons. The molecule has 0 amide bonds. The van der Waals surface area contributed by atoms with E-state index < -0.39 is 0 Å². The van der Waals surface area contributed by atoms with Crippen molar-refractivity contribution < 1.29 is 19.5 Å². The number of hydrogen-bond donors (Lipinski definition) is 2. The van der Waals surface area contributed by atoms with Crippen LogP contribution < -0.4 is 11.5 Å². The van der Waals surface area contributed by atoms with Crippen LogP contribution in [0.5, 0.6) is 0 Å². The third-order valence-corrected chi connectivity index (χ3v) is 7.92. The summed E-state index contributed by atoms with van der Waals surface area (Å²) < 4.78 is 0. The molecule has 0 aliphatic rings. The summed E-state index contributed by atoms with van der Waals surface area (Å²) in [5.41, 5.74) is 24.4. The Morgan fingerprint density at radius 3 is 1.06 bits per heavy atom. The molecule has 5 heterocycles. The summed E-state index contributed by atoms with van der Waals surface area (Å²) in [4.78, 5) is 22.5. The minimum Gasteiger partial charge on any atom is -0.399 e. The molecular weight excluding hydrogens is 716 g/mol. The third-order valence-electron chi connectivity index (χ3n) is 7.92. The number of nitrogens with zero attached hydrogens (tertiary/aromatic N) is 5. The van der Waals surface area contributed by atoms with E-state index in [1.807, 2.05) is 133 Å². The van der Waals surface area contributed by atoms with Crippen molar-refractivity contribution in [3.8, 4) is 67.5 Å². The molecule has 3 aromatic carbocycles. The molecule has 0 saturated heterocycles. The Hall–Kier alpha value is -6.37. The maximum absolute atomic E-state index is 5.82. The summed E-state index contributed by atoms with van der Waals surface area (Å²) in [5, 5.41) is 0. The molecule has 8 rings (SSSR count). The molecule has 0 aliphatic carbocycles. The van der Waals surface area contributed by atoms with Crippen molar-refractivity contribution in [3.63, 3.8) is 0 Å².